The van der Waals surface area contributed by atoms with E-state index in [1.165, 1.54) is 12.1 Å². The van der Waals surface area contributed by atoms with Gasteiger partial charge in [0.05, 0.1) is 19.3 Å². The number of hydrogen-bond acceptors (Lipinski definition) is 5. The third-order valence-electron chi connectivity index (χ3n) is 4.53. The fourth-order valence-corrected chi connectivity index (χ4v) is 2.88. The molecular formula is C20H24FNO4. The van der Waals surface area contributed by atoms with Crippen LogP contribution >= 0.6 is 0 Å². The van der Waals surface area contributed by atoms with Gasteiger partial charge in [0.2, 0.25) is 6.79 Å². The van der Waals surface area contributed by atoms with Gasteiger partial charge in [0, 0.05) is 12.6 Å². The maximum atomic E-state index is 13.0. The minimum atomic E-state index is -0.614. The first-order valence-corrected chi connectivity index (χ1v) is 8.63. The van der Waals surface area contributed by atoms with E-state index in [0.29, 0.717) is 13.2 Å². The number of aliphatic hydroxyl groups is 1. The molecule has 2 atom stereocenters. The highest BCUT2D eigenvalue weighted by Crippen LogP contribution is 2.32. The lowest BCUT2D eigenvalue weighted by atomic mass is 10.1. The second-order valence-electron chi connectivity index (χ2n) is 6.52. The Labute approximate surface area is 152 Å². The molecular weight excluding hydrogens is 337 g/mol. The van der Waals surface area contributed by atoms with Crippen LogP contribution in [0.4, 0.5) is 4.39 Å². The number of likely N-dealkylation sites (N-methyl/N-ethyl adjacent to an activating group) is 1. The molecule has 0 aliphatic carbocycles. The summed E-state index contributed by atoms with van der Waals surface area (Å²) in [5.41, 5.74) is 1.97. The molecule has 0 unspecified atom stereocenters. The van der Waals surface area contributed by atoms with Gasteiger partial charge in [-0.2, -0.15) is 0 Å². The zero-order valence-electron chi connectivity index (χ0n) is 15.0. The number of hydrogen-bond donors (Lipinski definition) is 1. The first kappa shape index (κ1) is 18.6. The first-order chi connectivity index (χ1) is 12.5. The van der Waals surface area contributed by atoms with Crippen LogP contribution in [0.3, 0.4) is 0 Å². The second-order valence-corrected chi connectivity index (χ2v) is 6.52. The average Bonchev–Trinajstić information content (AvgIpc) is 3.09. The molecule has 0 radical (unpaired) electrons. The summed E-state index contributed by atoms with van der Waals surface area (Å²) >= 11 is 0. The Morgan fingerprint density at radius 3 is 2.65 bits per heavy atom. The van der Waals surface area contributed by atoms with Crippen LogP contribution in [0.2, 0.25) is 0 Å². The Morgan fingerprint density at radius 1 is 1.15 bits per heavy atom. The minimum absolute atomic E-state index is 0.0686. The van der Waals surface area contributed by atoms with Crippen LogP contribution in [-0.4, -0.2) is 43.1 Å². The summed E-state index contributed by atoms with van der Waals surface area (Å²) in [6.45, 7) is 3.35. The summed E-state index contributed by atoms with van der Waals surface area (Å²) in [6, 6.07) is 12.2. The van der Waals surface area contributed by atoms with Crippen LogP contribution in [0.5, 0.6) is 11.5 Å². The topological polar surface area (TPSA) is 51.2 Å². The number of benzene rings is 2. The third kappa shape index (κ3) is 4.72. The quantitative estimate of drug-likeness (QED) is 0.783. The molecule has 3 rings (SSSR count). The molecule has 0 bridgehead atoms. The largest absolute Gasteiger partial charge is 0.454 e. The van der Waals surface area contributed by atoms with Gasteiger partial charge >= 0.3 is 0 Å². The van der Waals surface area contributed by atoms with Gasteiger partial charge in [0.1, 0.15) is 5.82 Å². The van der Waals surface area contributed by atoms with Crippen molar-refractivity contribution in [3.8, 4) is 11.5 Å². The Kier molecular flexibility index (Phi) is 6.08. The van der Waals surface area contributed by atoms with E-state index in [1.807, 2.05) is 37.1 Å². The standard InChI is InChI=1S/C20H24FNO4/c1-14(16-4-6-17(21)7-5-16)22(2)10-18(23)12-24-11-15-3-8-19-20(9-15)26-13-25-19/h3-9,14,18,23H,10-13H2,1-2H3/t14-,18-/m0/s1. The summed E-state index contributed by atoms with van der Waals surface area (Å²) in [4.78, 5) is 2.02. The van der Waals surface area contributed by atoms with Crippen LogP contribution in [0, 0.1) is 5.82 Å². The molecule has 26 heavy (non-hydrogen) atoms. The highest BCUT2D eigenvalue weighted by Gasteiger charge is 2.16. The van der Waals surface area contributed by atoms with Gasteiger partial charge in [-0.15, -0.1) is 0 Å². The molecule has 5 nitrogen and oxygen atoms in total. The molecule has 2 aromatic rings. The molecule has 0 spiro atoms. The van der Waals surface area contributed by atoms with Crippen molar-refractivity contribution in [2.24, 2.45) is 0 Å². The molecule has 1 aliphatic heterocycles. The van der Waals surface area contributed by atoms with Gasteiger partial charge in [-0.3, -0.25) is 4.90 Å². The SMILES string of the molecule is C[C@@H](c1ccc(F)cc1)N(C)C[C@H](O)COCc1ccc2c(c1)OCO2. The number of nitrogens with zero attached hydrogens (tertiary/aromatic N) is 1. The van der Waals surface area contributed by atoms with Crippen LogP contribution in [-0.2, 0) is 11.3 Å². The zero-order valence-corrected chi connectivity index (χ0v) is 15.0. The van der Waals surface area contributed by atoms with Crippen LogP contribution < -0.4 is 9.47 Å². The predicted molar refractivity (Wildman–Crippen MR) is 95.7 cm³/mol. The molecule has 2 aromatic carbocycles. The number of fused-ring (bicyclic) bond motifs is 1. The maximum Gasteiger partial charge on any atom is 0.231 e. The van der Waals surface area contributed by atoms with E-state index in [0.717, 1.165) is 22.6 Å². The van der Waals surface area contributed by atoms with Gasteiger partial charge < -0.3 is 19.3 Å². The van der Waals surface area contributed by atoms with Crippen LogP contribution in [0.15, 0.2) is 42.5 Å². The van der Waals surface area contributed by atoms with Crippen molar-refractivity contribution in [2.75, 3.05) is 27.0 Å². The van der Waals surface area contributed by atoms with Crippen molar-refractivity contribution in [2.45, 2.75) is 25.7 Å². The van der Waals surface area contributed by atoms with Gasteiger partial charge in [-0.05, 0) is 49.4 Å². The summed E-state index contributed by atoms with van der Waals surface area (Å²) in [5.74, 6) is 1.21. The van der Waals surface area contributed by atoms with E-state index in [-0.39, 0.29) is 25.3 Å². The van der Waals surface area contributed by atoms with E-state index in [1.54, 1.807) is 12.1 Å². The maximum absolute atomic E-state index is 13.0. The van der Waals surface area contributed by atoms with Crippen molar-refractivity contribution < 1.29 is 23.7 Å². The lowest BCUT2D eigenvalue weighted by Crippen LogP contribution is -2.34. The lowest BCUT2D eigenvalue weighted by molar-refractivity contribution is 0.00850. The summed E-state index contributed by atoms with van der Waals surface area (Å²) in [7, 11) is 1.93. The van der Waals surface area contributed by atoms with Crippen molar-refractivity contribution in [1.29, 1.82) is 0 Å². The molecule has 0 amide bonds. The highest BCUT2D eigenvalue weighted by molar-refractivity contribution is 5.44. The van der Waals surface area contributed by atoms with Gasteiger partial charge in [0.15, 0.2) is 11.5 Å². The van der Waals surface area contributed by atoms with Crippen molar-refractivity contribution in [3.05, 3.63) is 59.4 Å². The van der Waals surface area contributed by atoms with E-state index in [2.05, 4.69) is 0 Å². The lowest BCUT2D eigenvalue weighted by Gasteiger charge is -2.27. The van der Waals surface area contributed by atoms with Crippen molar-refractivity contribution in [1.82, 2.24) is 4.90 Å². The average molecular weight is 361 g/mol. The molecule has 0 saturated carbocycles. The molecule has 6 heteroatoms. The van der Waals surface area contributed by atoms with Crippen LogP contribution in [0.25, 0.3) is 0 Å². The molecule has 0 saturated heterocycles. The summed E-state index contributed by atoms with van der Waals surface area (Å²) < 4.78 is 29.3. The molecule has 140 valence electrons. The highest BCUT2D eigenvalue weighted by atomic mass is 19.1. The molecule has 1 heterocycles. The van der Waals surface area contributed by atoms with Gasteiger partial charge in [-0.1, -0.05) is 18.2 Å². The Balaban J connectivity index is 1.43. The van der Waals surface area contributed by atoms with Gasteiger partial charge in [0.25, 0.3) is 0 Å². The Morgan fingerprint density at radius 2 is 1.88 bits per heavy atom. The van der Waals surface area contributed by atoms with Gasteiger partial charge in [-0.25, -0.2) is 4.39 Å². The number of halogens is 1. The predicted octanol–water partition coefficient (Wildman–Crippen LogP) is 3.12. The molecule has 1 aliphatic rings. The number of aliphatic hydroxyl groups excluding tert-OH is 1. The number of rotatable bonds is 8. The van der Waals surface area contributed by atoms with E-state index in [4.69, 9.17) is 14.2 Å². The van der Waals surface area contributed by atoms with E-state index < -0.39 is 6.10 Å². The van der Waals surface area contributed by atoms with Crippen molar-refractivity contribution in [3.63, 3.8) is 0 Å². The molecule has 1 N–H and O–H groups in total. The second kappa shape index (κ2) is 8.49. The summed E-state index contributed by atoms with van der Waals surface area (Å²) in [5, 5.41) is 10.2. The fourth-order valence-electron chi connectivity index (χ4n) is 2.88. The Bertz CT molecular complexity index is 722. The third-order valence-corrected chi connectivity index (χ3v) is 4.53. The monoisotopic (exact) mass is 361 g/mol. The smallest absolute Gasteiger partial charge is 0.231 e. The molecule has 0 fully saturated rings. The number of ether oxygens (including phenoxy) is 3. The molecule has 0 aromatic heterocycles. The van der Waals surface area contributed by atoms with E-state index >= 15 is 0 Å². The summed E-state index contributed by atoms with van der Waals surface area (Å²) in [6.07, 6.45) is -0.614. The van der Waals surface area contributed by atoms with E-state index in [9.17, 15) is 9.50 Å². The van der Waals surface area contributed by atoms with Crippen LogP contribution in [0.1, 0.15) is 24.1 Å². The zero-order chi connectivity index (χ0) is 18.5. The van der Waals surface area contributed by atoms with Crippen molar-refractivity contribution >= 4 is 0 Å². The minimum Gasteiger partial charge on any atom is -0.454 e. The first-order valence-electron chi connectivity index (χ1n) is 8.63. The fraction of sp³-hybridized carbons (Fsp3) is 0.400. The normalized spacial score (nSPS) is 15.3. The Hall–Kier alpha value is -2.15.